The predicted molar refractivity (Wildman–Crippen MR) is 111 cm³/mol. The van der Waals surface area contributed by atoms with Crippen molar-refractivity contribution in [1.29, 1.82) is 0 Å². The van der Waals surface area contributed by atoms with E-state index in [1.54, 1.807) is 32.9 Å². The maximum atomic E-state index is 12.9. The van der Waals surface area contributed by atoms with Crippen molar-refractivity contribution in [1.82, 2.24) is 4.31 Å². The number of halogens is 1. The molecule has 1 amide bonds. The highest BCUT2D eigenvalue weighted by molar-refractivity contribution is 7.89. The van der Waals surface area contributed by atoms with Gasteiger partial charge in [0.05, 0.1) is 12.6 Å². The number of rotatable bonds is 10. The second-order valence-electron chi connectivity index (χ2n) is 6.08. The van der Waals surface area contributed by atoms with Crippen LogP contribution >= 0.6 is 12.4 Å². The standard InChI is InChI=1S/C18H31N3O4S.ClH/c1-6-13(5)17(19)18(22)20-14-10-11-15(25-9-4)16(12-14)26(23,24)21(7-2)8-3;/h10-13,17H,6-9,19H2,1-5H3,(H,20,22);1H. The van der Waals surface area contributed by atoms with Crippen LogP contribution in [-0.2, 0) is 14.8 Å². The van der Waals surface area contributed by atoms with E-state index in [0.29, 0.717) is 25.4 Å². The van der Waals surface area contributed by atoms with E-state index in [1.807, 2.05) is 13.8 Å². The Morgan fingerprint density at radius 1 is 1.22 bits per heavy atom. The Kier molecular flexibility index (Phi) is 10.9. The summed E-state index contributed by atoms with van der Waals surface area (Å²) >= 11 is 0. The molecule has 3 N–H and O–H groups in total. The third-order valence-electron chi connectivity index (χ3n) is 4.39. The first-order valence-electron chi connectivity index (χ1n) is 9.06. The summed E-state index contributed by atoms with van der Waals surface area (Å²) in [6, 6.07) is 3.95. The fourth-order valence-corrected chi connectivity index (χ4v) is 4.12. The summed E-state index contributed by atoms with van der Waals surface area (Å²) in [6.45, 7) is 10.2. The molecule has 0 fully saturated rings. The van der Waals surface area contributed by atoms with Crippen molar-refractivity contribution in [3.8, 4) is 5.75 Å². The number of hydrogen-bond acceptors (Lipinski definition) is 5. The first-order chi connectivity index (χ1) is 12.2. The monoisotopic (exact) mass is 421 g/mol. The molecule has 2 unspecified atom stereocenters. The zero-order chi connectivity index (χ0) is 19.9. The molecular weight excluding hydrogens is 390 g/mol. The van der Waals surface area contributed by atoms with Gasteiger partial charge in [-0.15, -0.1) is 12.4 Å². The van der Waals surface area contributed by atoms with Gasteiger partial charge in [0.25, 0.3) is 0 Å². The summed E-state index contributed by atoms with van der Waals surface area (Å²) < 4.78 is 32.7. The average molecular weight is 422 g/mol. The Labute approximate surface area is 169 Å². The van der Waals surface area contributed by atoms with Gasteiger partial charge in [-0.05, 0) is 31.0 Å². The lowest BCUT2D eigenvalue weighted by molar-refractivity contribution is -0.118. The maximum absolute atomic E-state index is 12.9. The van der Waals surface area contributed by atoms with E-state index in [1.165, 1.54) is 10.4 Å². The number of nitrogens with two attached hydrogens (primary N) is 1. The molecule has 7 nitrogen and oxygen atoms in total. The van der Waals surface area contributed by atoms with Crippen LogP contribution < -0.4 is 15.8 Å². The molecule has 0 radical (unpaired) electrons. The summed E-state index contributed by atoms with van der Waals surface area (Å²) in [7, 11) is -3.73. The van der Waals surface area contributed by atoms with Crippen LogP contribution in [0.15, 0.2) is 23.1 Å². The van der Waals surface area contributed by atoms with Crippen molar-refractivity contribution >= 4 is 34.0 Å². The van der Waals surface area contributed by atoms with Crippen LogP contribution in [0.3, 0.4) is 0 Å². The third-order valence-corrected chi connectivity index (χ3v) is 6.47. The zero-order valence-electron chi connectivity index (χ0n) is 16.7. The van der Waals surface area contributed by atoms with Gasteiger partial charge in [0.15, 0.2) is 0 Å². The highest BCUT2D eigenvalue weighted by Crippen LogP contribution is 2.30. The normalized spacial score (nSPS) is 13.6. The molecule has 2 atom stereocenters. The van der Waals surface area contributed by atoms with Crippen molar-refractivity contribution in [2.45, 2.75) is 52.0 Å². The van der Waals surface area contributed by atoms with E-state index >= 15 is 0 Å². The molecule has 0 aliphatic rings. The van der Waals surface area contributed by atoms with E-state index in [0.717, 1.165) is 6.42 Å². The number of hydrogen-bond donors (Lipinski definition) is 2. The second kappa shape index (κ2) is 11.5. The van der Waals surface area contributed by atoms with Crippen LogP contribution in [0.25, 0.3) is 0 Å². The molecule has 1 rings (SSSR count). The van der Waals surface area contributed by atoms with Crippen molar-refractivity contribution in [2.24, 2.45) is 11.7 Å². The molecule has 0 heterocycles. The van der Waals surface area contributed by atoms with Crippen molar-refractivity contribution in [3.05, 3.63) is 18.2 Å². The molecule has 0 aliphatic carbocycles. The van der Waals surface area contributed by atoms with Gasteiger partial charge in [0, 0.05) is 18.8 Å². The second-order valence-corrected chi connectivity index (χ2v) is 7.99. The minimum atomic E-state index is -3.73. The molecule has 0 saturated heterocycles. The SMILES string of the molecule is CCOc1ccc(NC(=O)C(N)C(C)CC)cc1S(=O)(=O)N(CC)CC.Cl. The lowest BCUT2D eigenvalue weighted by atomic mass is 9.99. The first kappa shape index (κ1) is 25.6. The smallest absolute Gasteiger partial charge is 0.246 e. The largest absolute Gasteiger partial charge is 0.492 e. The molecular formula is C18H32ClN3O4S. The highest BCUT2D eigenvalue weighted by atomic mass is 35.5. The molecule has 0 bridgehead atoms. The van der Waals surface area contributed by atoms with Gasteiger partial charge in [-0.3, -0.25) is 4.79 Å². The minimum Gasteiger partial charge on any atom is -0.492 e. The van der Waals surface area contributed by atoms with Gasteiger partial charge in [-0.2, -0.15) is 4.31 Å². The van der Waals surface area contributed by atoms with Crippen molar-refractivity contribution in [3.63, 3.8) is 0 Å². The number of anilines is 1. The number of carbonyl (C=O) groups excluding carboxylic acids is 1. The lowest BCUT2D eigenvalue weighted by Crippen LogP contribution is -2.40. The van der Waals surface area contributed by atoms with Gasteiger partial charge < -0.3 is 15.8 Å². The number of sulfonamides is 1. The number of nitrogens with one attached hydrogen (secondary N) is 1. The Morgan fingerprint density at radius 2 is 1.81 bits per heavy atom. The quantitative estimate of drug-likeness (QED) is 0.604. The van der Waals surface area contributed by atoms with Crippen LogP contribution in [0.4, 0.5) is 5.69 Å². The van der Waals surface area contributed by atoms with Crippen LogP contribution in [0, 0.1) is 5.92 Å². The molecule has 0 aromatic heterocycles. The minimum absolute atomic E-state index is 0. The summed E-state index contributed by atoms with van der Waals surface area (Å²) in [5.41, 5.74) is 6.33. The van der Waals surface area contributed by atoms with Gasteiger partial charge >= 0.3 is 0 Å². The molecule has 27 heavy (non-hydrogen) atoms. The van der Waals surface area contributed by atoms with Crippen molar-refractivity contribution < 1.29 is 17.9 Å². The Bertz CT molecular complexity index is 709. The van der Waals surface area contributed by atoms with E-state index in [4.69, 9.17) is 10.5 Å². The zero-order valence-corrected chi connectivity index (χ0v) is 18.3. The van der Waals surface area contributed by atoms with Gasteiger partial charge in [-0.1, -0.05) is 34.1 Å². The Hall–Kier alpha value is -1.35. The fraction of sp³-hybridized carbons (Fsp3) is 0.611. The van der Waals surface area contributed by atoms with E-state index in [2.05, 4.69) is 5.32 Å². The fourth-order valence-electron chi connectivity index (χ4n) is 2.50. The van der Waals surface area contributed by atoms with Gasteiger partial charge in [-0.25, -0.2) is 8.42 Å². The number of ether oxygens (including phenoxy) is 1. The number of benzene rings is 1. The molecule has 1 aromatic rings. The summed E-state index contributed by atoms with van der Waals surface area (Å²) in [4.78, 5) is 12.3. The molecule has 9 heteroatoms. The van der Waals surface area contributed by atoms with Crippen LogP contribution in [0.1, 0.15) is 41.0 Å². The van der Waals surface area contributed by atoms with Gasteiger partial charge in [0.1, 0.15) is 10.6 Å². The summed E-state index contributed by atoms with van der Waals surface area (Å²) in [5.74, 6) is -0.0464. The van der Waals surface area contributed by atoms with Crippen LogP contribution in [0.2, 0.25) is 0 Å². The number of carbonyl (C=O) groups is 1. The summed E-state index contributed by atoms with van der Waals surface area (Å²) in [6.07, 6.45) is 0.777. The van der Waals surface area contributed by atoms with Crippen LogP contribution in [-0.4, -0.2) is 44.4 Å². The van der Waals surface area contributed by atoms with Crippen molar-refractivity contribution in [2.75, 3.05) is 25.0 Å². The lowest BCUT2D eigenvalue weighted by Gasteiger charge is -2.22. The van der Waals surface area contributed by atoms with E-state index in [9.17, 15) is 13.2 Å². The molecule has 156 valence electrons. The van der Waals surface area contributed by atoms with Crippen LogP contribution in [0.5, 0.6) is 5.75 Å². The molecule has 0 saturated carbocycles. The number of amides is 1. The van der Waals surface area contributed by atoms with Gasteiger partial charge in [0.2, 0.25) is 15.9 Å². The first-order valence-corrected chi connectivity index (χ1v) is 10.5. The molecule has 0 spiro atoms. The third kappa shape index (κ3) is 6.34. The molecule has 1 aromatic carbocycles. The Morgan fingerprint density at radius 3 is 2.30 bits per heavy atom. The average Bonchev–Trinajstić information content (AvgIpc) is 2.62. The Balaban J connectivity index is 0.00000676. The highest BCUT2D eigenvalue weighted by Gasteiger charge is 2.27. The van der Waals surface area contributed by atoms with E-state index < -0.39 is 16.1 Å². The predicted octanol–water partition coefficient (Wildman–Crippen LogP) is 2.85. The molecule has 0 aliphatic heterocycles. The topological polar surface area (TPSA) is 102 Å². The van der Waals surface area contributed by atoms with E-state index in [-0.39, 0.29) is 34.9 Å². The number of nitrogens with zero attached hydrogens (tertiary/aromatic N) is 1. The summed E-state index contributed by atoms with van der Waals surface area (Å²) in [5, 5.41) is 2.71. The maximum Gasteiger partial charge on any atom is 0.246 e.